The molecule has 0 saturated carbocycles. The summed E-state index contributed by atoms with van der Waals surface area (Å²) in [6, 6.07) is 5.83. The highest BCUT2D eigenvalue weighted by Gasteiger charge is 2.06. The molecule has 1 rings (SSSR count). The largest absolute Gasteiger partial charge is 0.480 e. The third kappa shape index (κ3) is 3.32. The smallest absolute Gasteiger partial charge is 0.322 e. The van der Waals surface area contributed by atoms with Crippen molar-refractivity contribution in [3.05, 3.63) is 40.3 Å². The number of nitrogens with one attached hydrogen (secondary N) is 1. The Morgan fingerprint density at radius 1 is 1.38 bits per heavy atom. The first-order valence-corrected chi connectivity index (χ1v) is 4.28. The third-order valence-electron chi connectivity index (χ3n) is 1.69. The van der Waals surface area contributed by atoms with E-state index in [9.17, 15) is 9.59 Å². The zero-order valence-electron chi connectivity index (χ0n) is 8.12. The van der Waals surface area contributed by atoms with Gasteiger partial charge < -0.3 is 10.4 Å². The van der Waals surface area contributed by atoms with Crippen molar-refractivity contribution in [2.24, 2.45) is 5.11 Å². The lowest BCUT2D eigenvalue weighted by atomic mass is 10.2. The molecule has 1 aromatic rings. The molecule has 2 N–H and O–H groups in total. The van der Waals surface area contributed by atoms with Gasteiger partial charge >= 0.3 is 5.97 Å². The van der Waals surface area contributed by atoms with E-state index in [4.69, 9.17) is 10.6 Å². The lowest BCUT2D eigenvalue weighted by Crippen LogP contribution is -2.29. The van der Waals surface area contributed by atoms with Gasteiger partial charge in [0.25, 0.3) is 5.91 Å². The van der Waals surface area contributed by atoms with Crippen LogP contribution >= 0.6 is 0 Å². The second kappa shape index (κ2) is 5.38. The van der Waals surface area contributed by atoms with Crippen molar-refractivity contribution in [2.75, 3.05) is 6.54 Å². The van der Waals surface area contributed by atoms with E-state index in [2.05, 4.69) is 15.3 Å². The zero-order valence-corrected chi connectivity index (χ0v) is 8.12. The Morgan fingerprint density at radius 2 is 2.00 bits per heavy atom. The van der Waals surface area contributed by atoms with Crippen LogP contribution in [0, 0.1) is 0 Å². The lowest BCUT2D eigenvalue weighted by molar-refractivity contribution is -0.135. The molecule has 0 aromatic heterocycles. The average molecular weight is 220 g/mol. The van der Waals surface area contributed by atoms with Crippen molar-refractivity contribution < 1.29 is 14.7 Å². The Morgan fingerprint density at radius 3 is 2.50 bits per heavy atom. The van der Waals surface area contributed by atoms with E-state index in [0.29, 0.717) is 11.3 Å². The molecular formula is C9H8N4O3. The number of carbonyl (C=O) groups excluding carboxylic acids is 1. The molecule has 0 bridgehead atoms. The third-order valence-corrected chi connectivity index (χ3v) is 1.69. The van der Waals surface area contributed by atoms with Crippen LogP contribution in [0.2, 0.25) is 0 Å². The van der Waals surface area contributed by atoms with Crippen LogP contribution in [0.1, 0.15) is 10.4 Å². The number of nitrogens with zero attached hydrogens (tertiary/aromatic N) is 3. The minimum atomic E-state index is -1.11. The Labute approximate surface area is 90.3 Å². The highest BCUT2D eigenvalue weighted by Crippen LogP contribution is 2.12. The van der Waals surface area contributed by atoms with Crippen LogP contribution in [-0.4, -0.2) is 23.5 Å². The van der Waals surface area contributed by atoms with Gasteiger partial charge in [0, 0.05) is 16.2 Å². The number of carboxylic acids is 1. The first kappa shape index (κ1) is 11.5. The van der Waals surface area contributed by atoms with Crippen LogP contribution in [0.5, 0.6) is 0 Å². The second-order valence-corrected chi connectivity index (χ2v) is 2.81. The summed E-state index contributed by atoms with van der Waals surface area (Å²) in [5, 5.41) is 13.9. The fraction of sp³-hybridized carbons (Fsp3) is 0.111. The summed E-state index contributed by atoms with van der Waals surface area (Å²) in [4.78, 5) is 24.1. The van der Waals surface area contributed by atoms with Crippen LogP contribution in [-0.2, 0) is 4.79 Å². The van der Waals surface area contributed by atoms with Crippen LogP contribution in [0.25, 0.3) is 10.4 Å². The van der Waals surface area contributed by atoms with Gasteiger partial charge in [-0.05, 0) is 17.7 Å². The van der Waals surface area contributed by atoms with Crippen LogP contribution in [0.15, 0.2) is 29.4 Å². The molecule has 0 spiro atoms. The Balaban J connectivity index is 2.70. The topological polar surface area (TPSA) is 115 Å². The van der Waals surface area contributed by atoms with Crippen LogP contribution < -0.4 is 5.32 Å². The summed E-state index contributed by atoms with van der Waals surface area (Å²) in [6.45, 7) is -0.434. The normalized spacial score (nSPS) is 9.00. The molecule has 82 valence electrons. The number of rotatable bonds is 4. The molecule has 0 fully saturated rings. The van der Waals surface area contributed by atoms with Gasteiger partial charge in [0.2, 0.25) is 0 Å². The highest BCUT2D eigenvalue weighted by atomic mass is 16.4. The van der Waals surface area contributed by atoms with Gasteiger partial charge in [-0.25, -0.2) is 0 Å². The maximum absolute atomic E-state index is 11.3. The molecule has 0 atom stereocenters. The molecule has 0 unspecified atom stereocenters. The summed E-state index contributed by atoms with van der Waals surface area (Å²) >= 11 is 0. The first-order valence-electron chi connectivity index (χ1n) is 4.28. The summed E-state index contributed by atoms with van der Waals surface area (Å²) in [5.41, 5.74) is 8.85. The fourth-order valence-electron chi connectivity index (χ4n) is 0.989. The number of amides is 1. The van der Waals surface area contributed by atoms with Crippen molar-refractivity contribution in [1.82, 2.24) is 5.32 Å². The van der Waals surface area contributed by atoms with E-state index in [0.717, 1.165) is 0 Å². The molecule has 0 saturated heterocycles. The van der Waals surface area contributed by atoms with Gasteiger partial charge in [-0.2, -0.15) is 0 Å². The zero-order chi connectivity index (χ0) is 12.0. The maximum atomic E-state index is 11.3. The first-order chi connectivity index (χ1) is 7.63. The molecule has 0 aliphatic rings. The van der Waals surface area contributed by atoms with Crippen molar-refractivity contribution >= 4 is 17.6 Å². The summed E-state index contributed by atoms with van der Waals surface area (Å²) < 4.78 is 0. The van der Waals surface area contributed by atoms with Crippen LogP contribution in [0.4, 0.5) is 5.69 Å². The SMILES string of the molecule is [N-]=[N+]=Nc1ccc(C(=O)NCC(=O)O)cc1. The Bertz CT molecular complexity index is 448. The predicted octanol–water partition coefficient (Wildman–Crippen LogP) is 1.44. The van der Waals surface area contributed by atoms with E-state index in [1.54, 1.807) is 0 Å². The Hall–Kier alpha value is -2.53. The molecule has 1 amide bonds. The molecule has 16 heavy (non-hydrogen) atoms. The fourth-order valence-corrected chi connectivity index (χ4v) is 0.989. The molecule has 7 nitrogen and oxygen atoms in total. The molecular weight excluding hydrogens is 212 g/mol. The number of benzene rings is 1. The molecule has 0 aliphatic heterocycles. The van der Waals surface area contributed by atoms with Gasteiger partial charge in [-0.1, -0.05) is 17.2 Å². The van der Waals surface area contributed by atoms with Gasteiger partial charge in [0.05, 0.1) is 0 Å². The van der Waals surface area contributed by atoms with E-state index in [-0.39, 0.29) is 0 Å². The van der Waals surface area contributed by atoms with Gasteiger partial charge in [0.1, 0.15) is 6.54 Å². The van der Waals surface area contributed by atoms with Crippen molar-refractivity contribution in [1.29, 1.82) is 0 Å². The van der Waals surface area contributed by atoms with E-state index >= 15 is 0 Å². The number of carbonyl (C=O) groups is 2. The number of aliphatic carboxylic acids is 1. The average Bonchev–Trinajstić information content (AvgIpc) is 2.27. The van der Waals surface area contributed by atoms with Gasteiger partial charge in [-0.15, -0.1) is 0 Å². The highest BCUT2D eigenvalue weighted by molar-refractivity contribution is 5.95. The standard InChI is InChI=1S/C9H8N4O3/c10-13-12-7-3-1-6(2-4-7)9(16)11-5-8(14)15/h1-4H,5H2,(H,11,16)(H,14,15). The van der Waals surface area contributed by atoms with Crippen molar-refractivity contribution in [3.8, 4) is 0 Å². The van der Waals surface area contributed by atoms with E-state index in [1.807, 2.05) is 0 Å². The van der Waals surface area contributed by atoms with E-state index < -0.39 is 18.4 Å². The number of azide groups is 1. The number of hydrogen-bond acceptors (Lipinski definition) is 3. The van der Waals surface area contributed by atoms with Crippen LogP contribution in [0.3, 0.4) is 0 Å². The predicted molar refractivity (Wildman–Crippen MR) is 55.2 cm³/mol. The minimum absolute atomic E-state index is 0.304. The summed E-state index contributed by atoms with van der Waals surface area (Å²) in [5.74, 6) is -1.60. The number of hydrogen-bond donors (Lipinski definition) is 2. The lowest BCUT2D eigenvalue weighted by Gasteiger charge is -2.01. The number of carboxylic acid groups (broad SMARTS) is 1. The summed E-state index contributed by atoms with van der Waals surface area (Å²) in [7, 11) is 0. The maximum Gasteiger partial charge on any atom is 0.322 e. The molecule has 1 aromatic carbocycles. The van der Waals surface area contributed by atoms with Gasteiger partial charge in [-0.3, -0.25) is 9.59 Å². The quantitative estimate of drug-likeness (QED) is 0.454. The second-order valence-electron chi connectivity index (χ2n) is 2.81. The van der Waals surface area contributed by atoms with E-state index in [1.165, 1.54) is 24.3 Å². The van der Waals surface area contributed by atoms with Gasteiger partial charge in [0.15, 0.2) is 0 Å². The molecule has 0 radical (unpaired) electrons. The minimum Gasteiger partial charge on any atom is -0.480 e. The van der Waals surface area contributed by atoms with Crippen molar-refractivity contribution in [2.45, 2.75) is 0 Å². The van der Waals surface area contributed by atoms with Crippen molar-refractivity contribution in [3.63, 3.8) is 0 Å². The monoisotopic (exact) mass is 220 g/mol. The molecule has 0 heterocycles. The molecule has 7 heteroatoms. The Kier molecular flexibility index (Phi) is 3.88. The summed E-state index contributed by atoms with van der Waals surface area (Å²) in [6.07, 6.45) is 0. The molecule has 0 aliphatic carbocycles.